The van der Waals surface area contributed by atoms with E-state index in [2.05, 4.69) is 45.6 Å². The minimum atomic E-state index is 0.467. The van der Waals surface area contributed by atoms with Crippen molar-refractivity contribution in [2.24, 2.45) is 5.92 Å². The maximum absolute atomic E-state index is 6.22. The van der Waals surface area contributed by atoms with E-state index in [9.17, 15) is 0 Å². The molecule has 4 nitrogen and oxygen atoms in total. The molecule has 0 radical (unpaired) electrons. The van der Waals surface area contributed by atoms with Gasteiger partial charge in [0.1, 0.15) is 0 Å². The lowest BCUT2D eigenvalue weighted by atomic mass is 9.80. The van der Waals surface area contributed by atoms with Crippen LogP contribution in [0, 0.1) is 5.92 Å². The topological polar surface area (TPSA) is 47.0 Å². The smallest absolute Gasteiger partial charge is 0.171 e. The van der Waals surface area contributed by atoms with Gasteiger partial charge >= 0.3 is 0 Å². The van der Waals surface area contributed by atoms with E-state index in [1.165, 1.54) is 46.8 Å². The van der Waals surface area contributed by atoms with Crippen LogP contribution in [0.1, 0.15) is 61.1 Å². The van der Waals surface area contributed by atoms with Crippen LogP contribution < -0.4 is 10.1 Å². The van der Waals surface area contributed by atoms with E-state index in [1.807, 2.05) is 23.6 Å². The predicted octanol–water partition coefficient (Wildman–Crippen LogP) is 7.13. The van der Waals surface area contributed by atoms with E-state index in [4.69, 9.17) is 16.3 Å². The van der Waals surface area contributed by atoms with E-state index >= 15 is 0 Å². The second-order valence-corrected chi connectivity index (χ2v) is 10.2. The lowest BCUT2D eigenvalue weighted by molar-refractivity contribution is 0.334. The summed E-state index contributed by atoms with van der Waals surface area (Å²) in [4.78, 5) is 10.5. The van der Waals surface area contributed by atoms with Crippen molar-refractivity contribution in [2.45, 2.75) is 50.4 Å². The molecular weight excluding hydrogens is 426 g/mol. The lowest BCUT2D eigenvalue weighted by Crippen LogP contribution is -2.21. The number of anilines is 1. The van der Waals surface area contributed by atoms with Crippen LogP contribution in [0.15, 0.2) is 42.6 Å². The summed E-state index contributed by atoms with van der Waals surface area (Å²) in [5.41, 5.74) is 3.56. The molecule has 0 amide bonds. The molecule has 1 N–H and O–H groups in total. The quantitative estimate of drug-likeness (QED) is 0.386. The first kappa shape index (κ1) is 20.8. The lowest BCUT2D eigenvalue weighted by Gasteiger charge is -2.28. The predicted molar refractivity (Wildman–Crippen MR) is 129 cm³/mol. The molecule has 0 atom stereocenters. The van der Waals surface area contributed by atoms with E-state index in [-0.39, 0.29) is 0 Å². The Morgan fingerprint density at radius 2 is 1.87 bits per heavy atom. The Kier molecular flexibility index (Phi) is 6.15. The van der Waals surface area contributed by atoms with Gasteiger partial charge in [0.15, 0.2) is 10.9 Å². The van der Waals surface area contributed by atoms with Crippen LogP contribution in [-0.4, -0.2) is 23.6 Å². The maximum Gasteiger partial charge on any atom is 0.171 e. The van der Waals surface area contributed by atoms with Crippen molar-refractivity contribution in [2.75, 3.05) is 19.0 Å². The van der Waals surface area contributed by atoms with Crippen LogP contribution in [0.3, 0.4) is 0 Å². The Morgan fingerprint density at radius 1 is 1.06 bits per heavy atom. The molecule has 2 fully saturated rings. The first-order chi connectivity index (χ1) is 15.2. The van der Waals surface area contributed by atoms with Crippen molar-refractivity contribution in [3.05, 3.63) is 58.4 Å². The third-order valence-electron chi connectivity index (χ3n) is 6.51. The number of thiazole rings is 1. The summed E-state index contributed by atoms with van der Waals surface area (Å²) >= 11 is 8.07. The maximum atomic E-state index is 6.22. The first-order valence-electron chi connectivity index (χ1n) is 11.2. The van der Waals surface area contributed by atoms with Crippen molar-refractivity contribution < 1.29 is 4.74 Å². The Balaban J connectivity index is 1.15. The van der Waals surface area contributed by atoms with Gasteiger partial charge in [-0.05, 0) is 74.3 Å². The highest BCUT2D eigenvalue weighted by molar-refractivity contribution is 7.15. The van der Waals surface area contributed by atoms with E-state index in [0.29, 0.717) is 22.7 Å². The third-order valence-corrected chi connectivity index (χ3v) is 7.99. The van der Waals surface area contributed by atoms with Gasteiger partial charge < -0.3 is 10.1 Å². The first-order valence-corrected chi connectivity index (χ1v) is 12.4. The second kappa shape index (κ2) is 9.17. The van der Waals surface area contributed by atoms with Crippen molar-refractivity contribution in [1.29, 1.82) is 0 Å². The van der Waals surface area contributed by atoms with Crippen LogP contribution in [0.5, 0.6) is 5.75 Å². The van der Waals surface area contributed by atoms with Gasteiger partial charge in [-0.1, -0.05) is 23.7 Å². The molecule has 0 aliphatic heterocycles. The van der Waals surface area contributed by atoms with Gasteiger partial charge in [-0.15, -0.1) is 11.3 Å². The number of rotatable bonds is 7. The zero-order valence-electron chi connectivity index (χ0n) is 17.8. The van der Waals surface area contributed by atoms with Gasteiger partial charge in [0.05, 0.1) is 17.0 Å². The number of hydrogen-bond acceptors (Lipinski definition) is 5. The molecule has 0 bridgehead atoms. The fourth-order valence-corrected chi connectivity index (χ4v) is 5.78. The molecule has 2 aliphatic carbocycles. The monoisotopic (exact) mass is 453 g/mol. The Hall–Kier alpha value is -2.11. The summed E-state index contributed by atoms with van der Waals surface area (Å²) in [7, 11) is 1.62. The summed E-state index contributed by atoms with van der Waals surface area (Å²) in [6.07, 6.45) is 9.39. The zero-order chi connectivity index (χ0) is 21.2. The van der Waals surface area contributed by atoms with Crippen LogP contribution in [-0.2, 0) is 0 Å². The molecule has 5 rings (SSSR count). The number of methoxy groups -OCH3 is 1. The number of nitrogens with one attached hydrogen (secondary N) is 1. The normalized spacial score (nSPS) is 21.1. The summed E-state index contributed by atoms with van der Waals surface area (Å²) in [5.74, 6) is 2.56. The number of pyridine rings is 1. The molecule has 3 aromatic rings. The molecule has 31 heavy (non-hydrogen) atoms. The second-order valence-electron chi connectivity index (χ2n) is 8.75. The summed E-state index contributed by atoms with van der Waals surface area (Å²) < 4.78 is 5.22. The Morgan fingerprint density at radius 3 is 2.61 bits per heavy atom. The summed E-state index contributed by atoms with van der Waals surface area (Å²) in [5, 5.41) is 5.45. The molecule has 0 saturated heterocycles. The van der Waals surface area contributed by atoms with Crippen LogP contribution in [0.2, 0.25) is 5.15 Å². The third kappa shape index (κ3) is 4.88. The molecule has 2 heterocycles. The fraction of sp³-hybridized carbons (Fsp3) is 0.440. The fourth-order valence-electron chi connectivity index (χ4n) is 4.46. The van der Waals surface area contributed by atoms with Crippen molar-refractivity contribution in [3.8, 4) is 16.2 Å². The number of halogens is 1. The van der Waals surface area contributed by atoms with E-state index in [0.717, 1.165) is 31.0 Å². The van der Waals surface area contributed by atoms with Gasteiger partial charge in [0, 0.05) is 36.0 Å². The Labute approximate surface area is 193 Å². The number of ether oxygens (including phenoxy) is 1. The number of hydrogen-bond donors (Lipinski definition) is 1. The van der Waals surface area contributed by atoms with Gasteiger partial charge in [0.25, 0.3) is 0 Å². The summed E-state index contributed by atoms with van der Waals surface area (Å²) in [6.45, 7) is 1.02. The van der Waals surface area contributed by atoms with Gasteiger partial charge in [-0.25, -0.2) is 9.97 Å². The molecule has 0 unspecified atom stereocenters. The van der Waals surface area contributed by atoms with Gasteiger partial charge in [-0.2, -0.15) is 0 Å². The largest absolute Gasteiger partial charge is 0.494 e. The Bertz CT molecular complexity index is 1040. The molecule has 1 aromatic carbocycles. The average Bonchev–Trinajstić information content (AvgIpc) is 3.54. The highest BCUT2D eigenvalue weighted by Gasteiger charge is 2.27. The van der Waals surface area contributed by atoms with Gasteiger partial charge in [-0.3, -0.25) is 0 Å². The van der Waals surface area contributed by atoms with Gasteiger partial charge in [0.2, 0.25) is 0 Å². The highest BCUT2D eigenvalue weighted by Crippen LogP contribution is 2.43. The molecule has 0 spiro atoms. The van der Waals surface area contributed by atoms with Crippen LogP contribution in [0.4, 0.5) is 5.69 Å². The molecule has 162 valence electrons. The standard InChI is InChI=1S/C25H28ClN3OS/c1-30-22-12-11-21(29-24(22)26)17-7-5-16(6-8-17)14-27-20-4-2-3-19(13-20)23-15-28-25(31-23)18-9-10-18/h2-4,11-13,15-18,27H,5-10,14H2,1H3/t16-,17-. The molecule has 6 heteroatoms. The molecular formula is C25H28ClN3OS. The number of nitrogens with zero attached hydrogens (tertiary/aromatic N) is 2. The number of benzene rings is 1. The highest BCUT2D eigenvalue weighted by atomic mass is 35.5. The van der Waals surface area contributed by atoms with Crippen molar-refractivity contribution in [3.63, 3.8) is 0 Å². The molecule has 2 saturated carbocycles. The minimum Gasteiger partial charge on any atom is -0.494 e. The average molecular weight is 454 g/mol. The molecule has 2 aliphatic rings. The van der Waals surface area contributed by atoms with Crippen LogP contribution >= 0.6 is 22.9 Å². The molecule has 2 aromatic heterocycles. The van der Waals surface area contributed by atoms with Crippen molar-refractivity contribution >= 4 is 28.6 Å². The van der Waals surface area contributed by atoms with E-state index in [1.54, 1.807) is 7.11 Å². The zero-order valence-corrected chi connectivity index (χ0v) is 19.4. The summed E-state index contributed by atoms with van der Waals surface area (Å²) in [6, 6.07) is 12.8. The number of aromatic nitrogens is 2. The van der Waals surface area contributed by atoms with E-state index < -0.39 is 0 Å². The SMILES string of the molecule is COc1ccc([C@H]2CC[C@H](CNc3cccc(-c4cnc(C5CC5)s4)c3)CC2)nc1Cl. The van der Waals surface area contributed by atoms with Crippen molar-refractivity contribution in [1.82, 2.24) is 9.97 Å². The van der Waals surface area contributed by atoms with Crippen LogP contribution in [0.25, 0.3) is 10.4 Å². The minimum absolute atomic E-state index is 0.467.